The highest BCUT2D eigenvalue weighted by Gasteiger charge is 2.37. The lowest BCUT2D eigenvalue weighted by atomic mass is 9.69. The highest BCUT2D eigenvalue weighted by Crippen LogP contribution is 2.41. The number of hydrogen-bond donors (Lipinski definition) is 1. The summed E-state index contributed by atoms with van der Waals surface area (Å²) in [6.07, 6.45) is 7.51. The van der Waals surface area contributed by atoms with Crippen molar-refractivity contribution in [3.63, 3.8) is 0 Å². The number of hydrogen-bond acceptors (Lipinski definition) is 2. The van der Waals surface area contributed by atoms with Crippen molar-refractivity contribution >= 4 is 0 Å². The molecule has 0 spiro atoms. The van der Waals surface area contributed by atoms with Crippen LogP contribution in [0.5, 0.6) is 0 Å². The average Bonchev–Trinajstić information content (AvgIpc) is 2.81. The number of aliphatic hydroxyl groups is 1. The second kappa shape index (κ2) is 5.26. The molecule has 0 atom stereocenters. The van der Waals surface area contributed by atoms with E-state index in [0.717, 1.165) is 13.1 Å². The summed E-state index contributed by atoms with van der Waals surface area (Å²) < 4.78 is 0. The van der Waals surface area contributed by atoms with Crippen LogP contribution in [0.25, 0.3) is 0 Å². The quantitative estimate of drug-likeness (QED) is 0.879. The zero-order valence-corrected chi connectivity index (χ0v) is 12.0. The number of aryl methyl sites for hydroxylation is 2. The van der Waals surface area contributed by atoms with Crippen LogP contribution in [0.4, 0.5) is 0 Å². The van der Waals surface area contributed by atoms with Crippen molar-refractivity contribution in [2.45, 2.75) is 45.1 Å². The van der Waals surface area contributed by atoms with Crippen molar-refractivity contribution in [1.82, 2.24) is 4.90 Å². The molecule has 0 unspecified atom stereocenters. The average molecular weight is 259 g/mol. The van der Waals surface area contributed by atoms with Crippen molar-refractivity contribution < 1.29 is 5.11 Å². The molecule has 2 nitrogen and oxygen atoms in total. The third-order valence-corrected chi connectivity index (χ3v) is 4.97. The highest BCUT2D eigenvalue weighted by molar-refractivity contribution is 5.35. The van der Waals surface area contributed by atoms with Crippen molar-refractivity contribution in [3.05, 3.63) is 34.9 Å². The summed E-state index contributed by atoms with van der Waals surface area (Å²) in [4.78, 5) is 2.38. The molecule has 0 saturated heterocycles. The highest BCUT2D eigenvalue weighted by atomic mass is 16.3. The van der Waals surface area contributed by atoms with E-state index in [0.29, 0.717) is 6.61 Å². The van der Waals surface area contributed by atoms with E-state index in [1.165, 1.54) is 44.1 Å². The third kappa shape index (κ3) is 2.70. The Labute approximate surface area is 116 Å². The fourth-order valence-corrected chi connectivity index (χ4v) is 3.71. The molecule has 0 aromatic heterocycles. The summed E-state index contributed by atoms with van der Waals surface area (Å²) in [7, 11) is 2.18. The molecule has 0 bridgehead atoms. The van der Waals surface area contributed by atoms with Gasteiger partial charge in [0.2, 0.25) is 0 Å². The van der Waals surface area contributed by atoms with Gasteiger partial charge >= 0.3 is 0 Å². The van der Waals surface area contributed by atoms with Crippen LogP contribution in [-0.2, 0) is 19.4 Å². The summed E-state index contributed by atoms with van der Waals surface area (Å²) in [5.41, 5.74) is 4.74. The van der Waals surface area contributed by atoms with E-state index in [1.54, 1.807) is 11.1 Å². The van der Waals surface area contributed by atoms with Gasteiger partial charge in [0.05, 0.1) is 0 Å². The first kappa shape index (κ1) is 13.1. The largest absolute Gasteiger partial charge is 0.396 e. The van der Waals surface area contributed by atoms with E-state index in [2.05, 4.69) is 30.1 Å². The van der Waals surface area contributed by atoms with Crippen LogP contribution in [0.3, 0.4) is 0 Å². The second-order valence-electron chi connectivity index (χ2n) is 6.64. The van der Waals surface area contributed by atoms with E-state index < -0.39 is 0 Å². The monoisotopic (exact) mass is 259 g/mol. The number of rotatable bonds is 5. The van der Waals surface area contributed by atoms with Crippen molar-refractivity contribution in [1.29, 1.82) is 0 Å². The molecular formula is C17H25NO. The molecule has 1 aromatic carbocycles. The molecule has 0 heterocycles. The minimum atomic E-state index is 0.200. The predicted molar refractivity (Wildman–Crippen MR) is 78.2 cm³/mol. The van der Waals surface area contributed by atoms with Crippen molar-refractivity contribution in [3.8, 4) is 0 Å². The summed E-state index contributed by atoms with van der Waals surface area (Å²) in [6, 6.07) is 6.99. The van der Waals surface area contributed by atoms with Gasteiger partial charge in [0.1, 0.15) is 0 Å². The molecule has 1 N–H and O–H groups in total. The van der Waals surface area contributed by atoms with Crippen LogP contribution in [0.2, 0.25) is 0 Å². The van der Waals surface area contributed by atoms with Gasteiger partial charge in [-0.05, 0) is 55.8 Å². The molecule has 19 heavy (non-hydrogen) atoms. The van der Waals surface area contributed by atoms with Gasteiger partial charge in [-0.3, -0.25) is 0 Å². The lowest BCUT2D eigenvalue weighted by Gasteiger charge is -2.43. The van der Waals surface area contributed by atoms with Gasteiger partial charge in [-0.2, -0.15) is 0 Å². The Hall–Kier alpha value is -0.860. The summed E-state index contributed by atoms with van der Waals surface area (Å²) in [5.74, 6) is 0. The SMILES string of the molecule is CN(Cc1ccc2c(c1)CCC2)CC1(CO)CCC1. The van der Waals surface area contributed by atoms with E-state index in [9.17, 15) is 5.11 Å². The zero-order valence-electron chi connectivity index (χ0n) is 12.0. The Morgan fingerprint density at radius 3 is 2.63 bits per heavy atom. The number of benzene rings is 1. The third-order valence-electron chi connectivity index (χ3n) is 4.97. The van der Waals surface area contributed by atoms with Gasteiger partial charge < -0.3 is 10.0 Å². The number of aliphatic hydroxyl groups excluding tert-OH is 1. The number of nitrogens with zero attached hydrogens (tertiary/aromatic N) is 1. The van der Waals surface area contributed by atoms with Crippen LogP contribution in [0.1, 0.15) is 42.4 Å². The summed E-state index contributed by atoms with van der Waals surface area (Å²) >= 11 is 0. The molecule has 1 fully saturated rings. The molecule has 0 radical (unpaired) electrons. The standard InChI is InChI=1S/C17H25NO/c1-18(12-17(13-19)8-3-9-17)11-14-6-7-15-4-2-5-16(15)10-14/h6-7,10,19H,2-5,8-9,11-13H2,1H3. The second-order valence-corrected chi connectivity index (χ2v) is 6.64. The Morgan fingerprint density at radius 2 is 1.95 bits per heavy atom. The van der Waals surface area contributed by atoms with Gasteiger partial charge in [-0.25, -0.2) is 0 Å². The first-order chi connectivity index (χ1) is 9.21. The van der Waals surface area contributed by atoms with Crippen LogP contribution >= 0.6 is 0 Å². The molecule has 1 saturated carbocycles. The molecule has 3 rings (SSSR count). The molecule has 0 amide bonds. The van der Waals surface area contributed by atoms with E-state index in [-0.39, 0.29) is 5.41 Å². The van der Waals surface area contributed by atoms with Gasteiger partial charge in [0.15, 0.2) is 0 Å². The number of fused-ring (bicyclic) bond motifs is 1. The predicted octanol–water partition coefficient (Wildman–Crippen LogP) is 2.77. The lowest BCUT2D eigenvalue weighted by Crippen LogP contribution is -2.43. The minimum Gasteiger partial charge on any atom is -0.396 e. The first-order valence-electron chi connectivity index (χ1n) is 7.61. The van der Waals surface area contributed by atoms with Gasteiger partial charge in [0, 0.05) is 25.1 Å². The molecule has 2 heteroatoms. The zero-order chi connectivity index (χ0) is 13.3. The topological polar surface area (TPSA) is 23.5 Å². The molecule has 2 aliphatic rings. The summed E-state index contributed by atoms with van der Waals surface area (Å²) in [5, 5.41) is 9.55. The van der Waals surface area contributed by atoms with Crippen molar-refractivity contribution in [2.24, 2.45) is 5.41 Å². The Balaban J connectivity index is 1.61. The van der Waals surface area contributed by atoms with E-state index in [4.69, 9.17) is 0 Å². The van der Waals surface area contributed by atoms with E-state index >= 15 is 0 Å². The summed E-state index contributed by atoms with van der Waals surface area (Å²) in [6.45, 7) is 2.39. The van der Waals surface area contributed by atoms with Gasteiger partial charge in [-0.15, -0.1) is 0 Å². The fourth-order valence-electron chi connectivity index (χ4n) is 3.71. The van der Waals surface area contributed by atoms with Crippen LogP contribution in [-0.4, -0.2) is 30.2 Å². The minimum absolute atomic E-state index is 0.200. The molecule has 1 aromatic rings. The normalized spacial score (nSPS) is 20.4. The van der Waals surface area contributed by atoms with Gasteiger partial charge in [0.25, 0.3) is 0 Å². The first-order valence-corrected chi connectivity index (χ1v) is 7.61. The maximum atomic E-state index is 9.55. The molecule has 0 aliphatic heterocycles. The van der Waals surface area contributed by atoms with Crippen LogP contribution in [0.15, 0.2) is 18.2 Å². The maximum absolute atomic E-state index is 9.55. The lowest BCUT2D eigenvalue weighted by molar-refractivity contribution is 0.0127. The smallest absolute Gasteiger partial charge is 0.0499 e. The Morgan fingerprint density at radius 1 is 1.16 bits per heavy atom. The maximum Gasteiger partial charge on any atom is 0.0499 e. The Bertz CT molecular complexity index is 445. The van der Waals surface area contributed by atoms with Crippen molar-refractivity contribution in [2.75, 3.05) is 20.2 Å². The van der Waals surface area contributed by atoms with E-state index in [1.807, 2.05) is 0 Å². The Kier molecular flexibility index (Phi) is 3.64. The molecule has 104 valence electrons. The van der Waals surface area contributed by atoms with Crippen LogP contribution in [0, 0.1) is 5.41 Å². The molecular weight excluding hydrogens is 234 g/mol. The van der Waals surface area contributed by atoms with Gasteiger partial charge in [-0.1, -0.05) is 24.6 Å². The molecule has 2 aliphatic carbocycles. The van der Waals surface area contributed by atoms with Crippen LogP contribution < -0.4 is 0 Å². The fraction of sp³-hybridized carbons (Fsp3) is 0.647.